The molecule has 1 spiro atoms. The molecule has 1 unspecified atom stereocenters. The van der Waals surface area contributed by atoms with E-state index in [-0.39, 0.29) is 11.6 Å². The van der Waals surface area contributed by atoms with Crippen LogP contribution in [-0.4, -0.2) is 31.1 Å². The molecule has 2 N–H and O–H groups in total. The fraction of sp³-hybridized carbons (Fsp3) is 0.385. The summed E-state index contributed by atoms with van der Waals surface area (Å²) in [5.41, 5.74) is 1.89. The topological polar surface area (TPSA) is 44.4 Å². The molecule has 3 rings (SSSR count). The van der Waals surface area contributed by atoms with Crippen molar-refractivity contribution in [3.63, 3.8) is 0 Å². The number of nitrogens with zero attached hydrogens (tertiary/aromatic N) is 1. The highest BCUT2D eigenvalue weighted by atomic mass is 16.2. The minimum absolute atomic E-state index is 0.0261. The smallest absolute Gasteiger partial charge is 0.317 e. The quantitative estimate of drug-likeness (QED) is 0.710. The molecule has 0 saturated carbocycles. The van der Waals surface area contributed by atoms with Crippen LogP contribution < -0.4 is 10.6 Å². The molecule has 1 aromatic rings. The minimum Gasteiger partial charge on any atom is -0.317 e. The number of piperidine rings is 1. The summed E-state index contributed by atoms with van der Waals surface area (Å²) in [5.74, 6) is 0. The standard InChI is InChI=1S/C13H16N3O/c1-16-12(17)15-11-5-3-2-4-10(11)13(16)6-8-14-9-7-13/h2-6,14H,7-9H2,1H3,(H,15,17). The van der Waals surface area contributed by atoms with E-state index in [1.165, 1.54) is 5.56 Å². The molecule has 17 heavy (non-hydrogen) atoms. The summed E-state index contributed by atoms with van der Waals surface area (Å²) in [6, 6.07) is 8.04. The van der Waals surface area contributed by atoms with E-state index in [4.69, 9.17) is 0 Å². The molecule has 2 aliphatic heterocycles. The molecule has 2 aliphatic rings. The van der Waals surface area contributed by atoms with Crippen LogP contribution in [0.5, 0.6) is 0 Å². The van der Waals surface area contributed by atoms with Gasteiger partial charge in [-0.1, -0.05) is 18.2 Å². The molecule has 1 atom stereocenters. The second-order valence-electron chi connectivity index (χ2n) is 4.62. The average Bonchev–Trinajstić information content (AvgIpc) is 2.38. The number of urea groups is 1. The zero-order valence-corrected chi connectivity index (χ0v) is 9.86. The highest BCUT2D eigenvalue weighted by Crippen LogP contribution is 2.42. The molecule has 1 radical (unpaired) electrons. The molecule has 4 nitrogen and oxygen atoms in total. The van der Waals surface area contributed by atoms with Crippen molar-refractivity contribution >= 4 is 11.7 Å². The van der Waals surface area contributed by atoms with Crippen LogP contribution in [0.4, 0.5) is 10.5 Å². The molecule has 1 fully saturated rings. The van der Waals surface area contributed by atoms with Crippen LogP contribution in [0.25, 0.3) is 0 Å². The first-order valence-electron chi connectivity index (χ1n) is 5.93. The first kappa shape index (κ1) is 10.6. The highest BCUT2D eigenvalue weighted by molar-refractivity contribution is 5.94. The molecule has 0 bridgehead atoms. The monoisotopic (exact) mass is 230 g/mol. The van der Waals surface area contributed by atoms with E-state index >= 15 is 0 Å². The summed E-state index contributed by atoms with van der Waals surface area (Å²) in [6.07, 6.45) is 3.13. The van der Waals surface area contributed by atoms with E-state index in [0.717, 1.165) is 25.2 Å². The van der Waals surface area contributed by atoms with Crippen molar-refractivity contribution in [1.82, 2.24) is 10.2 Å². The van der Waals surface area contributed by atoms with E-state index in [1.54, 1.807) is 0 Å². The van der Waals surface area contributed by atoms with Gasteiger partial charge < -0.3 is 15.5 Å². The van der Waals surface area contributed by atoms with Gasteiger partial charge >= 0.3 is 6.03 Å². The molecular formula is C13H16N3O. The lowest BCUT2D eigenvalue weighted by molar-refractivity contribution is 0.142. The summed E-state index contributed by atoms with van der Waals surface area (Å²) in [7, 11) is 1.87. The Labute approximate surface area is 101 Å². The Bertz CT molecular complexity index is 452. The van der Waals surface area contributed by atoms with E-state index in [1.807, 2.05) is 30.1 Å². The Kier molecular flexibility index (Phi) is 2.33. The van der Waals surface area contributed by atoms with Gasteiger partial charge in [0.15, 0.2) is 0 Å². The number of rotatable bonds is 0. The molecule has 0 aliphatic carbocycles. The summed E-state index contributed by atoms with van der Waals surface area (Å²) in [6.45, 7) is 1.77. The number of anilines is 1. The summed E-state index contributed by atoms with van der Waals surface area (Å²) < 4.78 is 0. The van der Waals surface area contributed by atoms with Crippen molar-refractivity contribution < 1.29 is 4.79 Å². The van der Waals surface area contributed by atoms with Gasteiger partial charge in [-0.25, -0.2) is 4.79 Å². The zero-order valence-electron chi connectivity index (χ0n) is 9.86. The maximum atomic E-state index is 12.0. The number of benzene rings is 1. The molecule has 2 amide bonds. The van der Waals surface area contributed by atoms with Gasteiger partial charge in [0.05, 0.1) is 5.54 Å². The molecule has 4 heteroatoms. The van der Waals surface area contributed by atoms with Crippen LogP contribution in [0.2, 0.25) is 0 Å². The second-order valence-corrected chi connectivity index (χ2v) is 4.62. The number of hydrogen-bond donors (Lipinski definition) is 2. The lowest BCUT2D eigenvalue weighted by Gasteiger charge is -2.48. The summed E-state index contributed by atoms with van der Waals surface area (Å²) in [4.78, 5) is 13.8. The van der Waals surface area contributed by atoms with Crippen LogP contribution >= 0.6 is 0 Å². The van der Waals surface area contributed by atoms with Gasteiger partial charge in [0, 0.05) is 31.3 Å². The number of fused-ring (bicyclic) bond motifs is 2. The minimum atomic E-state index is -0.246. The van der Waals surface area contributed by atoms with Gasteiger partial charge in [-0.05, 0) is 19.0 Å². The van der Waals surface area contributed by atoms with Crippen LogP contribution in [0.15, 0.2) is 24.3 Å². The number of hydrogen-bond acceptors (Lipinski definition) is 2. The highest BCUT2D eigenvalue weighted by Gasteiger charge is 2.44. The molecule has 89 valence electrons. The SMILES string of the molecule is CN1C(=O)Nc2ccccc2C12[CH]CNCC2. The Morgan fingerprint density at radius 3 is 2.94 bits per heavy atom. The van der Waals surface area contributed by atoms with E-state index < -0.39 is 0 Å². The zero-order chi connectivity index (χ0) is 11.9. The normalized spacial score (nSPS) is 22.2. The molecular weight excluding hydrogens is 214 g/mol. The van der Waals surface area contributed by atoms with Crippen molar-refractivity contribution in [2.75, 3.05) is 25.5 Å². The van der Waals surface area contributed by atoms with Crippen LogP contribution in [-0.2, 0) is 5.54 Å². The molecule has 1 aromatic carbocycles. The fourth-order valence-electron chi connectivity index (χ4n) is 2.80. The Balaban J connectivity index is 2.14. The van der Waals surface area contributed by atoms with Crippen molar-refractivity contribution in [1.29, 1.82) is 0 Å². The van der Waals surface area contributed by atoms with Crippen molar-refractivity contribution in [2.45, 2.75) is 12.0 Å². The third-order valence-electron chi connectivity index (χ3n) is 3.81. The van der Waals surface area contributed by atoms with Gasteiger partial charge in [-0.2, -0.15) is 0 Å². The van der Waals surface area contributed by atoms with Gasteiger partial charge in [0.2, 0.25) is 0 Å². The summed E-state index contributed by atoms with van der Waals surface area (Å²) in [5, 5.41) is 6.24. The predicted octanol–water partition coefficient (Wildman–Crippen LogP) is 1.56. The maximum Gasteiger partial charge on any atom is 0.322 e. The third-order valence-corrected chi connectivity index (χ3v) is 3.81. The number of amides is 2. The van der Waals surface area contributed by atoms with Crippen molar-refractivity contribution in [2.24, 2.45) is 0 Å². The predicted molar refractivity (Wildman–Crippen MR) is 66.7 cm³/mol. The van der Waals surface area contributed by atoms with Crippen LogP contribution in [0.1, 0.15) is 12.0 Å². The summed E-state index contributed by atoms with van der Waals surface area (Å²) >= 11 is 0. The van der Waals surface area contributed by atoms with Crippen molar-refractivity contribution in [3.8, 4) is 0 Å². The van der Waals surface area contributed by atoms with Gasteiger partial charge in [0.1, 0.15) is 0 Å². The van der Waals surface area contributed by atoms with Crippen molar-refractivity contribution in [3.05, 3.63) is 36.2 Å². The van der Waals surface area contributed by atoms with Gasteiger partial charge in [-0.3, -0.25) is 0 Å². The number of para-hydroxylation sites is 1. The van der Waals surface area contributed by atoms with Crippen LogP contribution in [0, 0.1) is 6.42 Å². The third kappa shape index (κ3) is 1.44. The maximum absolute atomic E-state index is 12.0. The number of carbonyl (C=O) groups is 1. The first-order valence-corrected chi connectivity index (χ1v) is 5.93. The number of nitrogens with one attached hydrogen (secondary N) is 2. The lowest BCUT2D eigenvalue weighted by atomic mass is 9.78. The Morgan fingerprint density at radius 1 is 1.35 bits per heavy atom. The van der Waals surface area contributed by atoms with E-state index in [9.17, 15) is 4.79 Å². The van der Waals surface area contributed by atoms with Gasteiger partial charge in [-0.15, -0.1) is 0 Å². The fourth-order valence-corrected chi connectivity index (χ4v) is 2.80. The van der Waals surface area contributed by atoms with E-state index in [0.29, 0.717) is 0 Å². The Morgan fingerprint density at radius 2 is 2.18 bits per heavy atom. The molecule has 2 heterocycles. The molecule has 0 aromatic heterocycles. The van der Waals surface area contributed by atoms with E-state index in [2.05, 4.69) is 23.1 Å². The van der Waals surface area contributed by atoms with Gasteiger partial charge in [0.25, 0.3) is 0 Å². The first-order chi connectivity index (χ1) is 8.24. The second kappa shape index (κ2) is 3.74. The molecule has 1 saturated heterocycles. The lowest BCUT2D eigenvalue weighted by Crippen LogP contribution is -2.57. The average molecular weight is 230 g/mol. The Hall–Kier alpha value is -1.55. The largest absolute Gasteiger partial charge is 0.322 e. The number of carbonyl (C=O) groups excluding carboxylic acids is 1. The van der Waals surface area contributed by atoms with Crippen LogP contribution in [0.3, 0.4) is 0 Å².